The van der Waals surface area contributed by atoms with Gasteiger partial charge in [-0.1, -0.05) is 6.07 Å². The fraction of sp³-hybridized carbons (Fsp3) is 0.278. The Morgan fingerprint density at radius 3 is 2.44 bits per heavy atom. The van der Waals surface area contributed by atoms with Crippen molar-refractivity contribution in [3.63, 3.8) is 0 Å². The van der Waals surface area contributed by atoms with Crippen LogP contribution in [0.15, 0.2) is 35.7 Å². The number of methoxy groups -OCH3 is 3. The van der Waals surface area contributed by atoms with Gasteiger partial charge in [0.25, 0.3) is 0 Å². The standard InChI is InChI=1S/C18H21NO5S/c1-22-14-9-12(10-15(23-2)18(14)24-3)6-7-17(21)19-11-13(20)16-5-4-8-25-16/h4-10,13,20H,11H2,1-3H3,(H,19,21)/b7-6+/t13-/m1/s1. The highest BCUT2D eigenvalue weighted by Crippen LogP contribution is 2.38. The molecule has 1 aromatic carbocycles. The van der Waals surface area contributed by atoms with Gasteiger partial charge in [-0.25, -0.2) is 0 Å². The second-order valence-electron chi connectivity index (χ2n) is 5.07. The van der Waals surface area contributed by atoms with Gasteiger partial charge in [-0.15, -0.1) is 11.3 Å². The average Bonchev–Trinajstić information content (AvgIpc) is 3.18. The number of aliphatic hydroxyl groups excluding tert-OH is 1. The van der Waals surface area contributed by atoms with Crippen molar-refractivity contribution in [1.82, 2.24) is 5.32 Å². The first-order valence-corrected chi connectivity index (χ1v) is 8.44. The Morgan fingerprint density at radius 2 is 1.92 bits per heavy atom. The molecule has 0 saturated heterocycles. The maximum Gasteiger partial charge on any atom is 0.244 e. The molecule has 1 atom stereocenters. The molecular weight excluding hydrogens is 342 g/mol. The van der Waals surface area contributed by atoms with Crippen molar-refractivity contribution in [1.29, 1.82) is 0 Å². The third-order valence-corrected chi connectivity index (χ3v) is 4.43. The van der Waals surface area contributed by atoms with E-state index in [4.69, 9.17) is 14.2 Å². The van der Waals surface area contributed by atoms with Gasteiger partial charge in [-0.2, -0.15) is 0 Å². The van der Waals surface area contributed by atoms with E-state index < -0.39 is 6.10 Å². The summed E-state index contributed by atoms with van der Waals surface area (Å²) < 4.78 is 15.8. The maximum absolute atomic E-state index is 11.9. The first kappa shape index (κ1) is 18.8. The van der Waals surface area contributed by atoms with E-state index in [2.05, 4.69) is 5.32 Å². The summed E-state index contributed by atoms with van der Waals surface area (Å²) in [5.41, 5.74) is 0.725. The van der Waals surface area contributed by atoms with Crippen LogP contribution < -0.4 is 19.5 Å². The van der Waals surface area contributed by atoms with Gasteiger partial charge in [-0.3, -0.25) is 4.79 Å². The summed E-state index contributed by atoms with van der Waals surface area (Å²) in [7, 11) is 4.59. The Hall–Kier alpha value is -2.51. The molecule has 0 bridgehead atoms. The van der Waals surface area contributed by atoms with Crippen LogP contribution in [0.2, 0.25) is 0 Å². The summed E-state index contributed by atoms with van der Waals surface area (Å²) in [4.78, 5) is 12.7. The SMILES string of the molecule is COc1cc(/C=C/C(=O)NC[C@@H](O)c2cccs2)cc(OC)c1OC. The molecule has 2 rings (SSSR count). The number of ether oxygens (including phenoxy) is 3. The second kappa shape index (κ2) is 9.10. The normalized spacial score (nSPS) is 12.0. The van der Waals surface area contributed by atoms with Gasteiger partial charge in [0.2, 0.25) is 11.7 Å². The number of carbonyl (C=O) groups is 1. The minimum absolute atomic E-state index is 0.152. The van der Waals surface area contributed by atoms with Crippen molar-refractivity contribution in [3.05, 3.63) is 46.2 Å². The summed E-state index contributed by atoms with van der Waals surface area (Å²) in [5.74, 6) is 1.21. The molecule has 0 unspecified atom stereocenters. The molecule has 1 amide bonds. The average molecular weight is 363 g/mol. The zero-order chi connectivity index (χ0) is 18.2. The number of rotatable bonds is 8. The lowest BCUT2D eigenvalue weighted by molar-refractivity contribution is -0.116. The number of hydrogen-bond donors (Lipinski definition) is 2. The Kier molecular flexibility index (Phi) is 6.85. The lowest BCUT2D eigenvalue weighted by Gasteiger charge is -2.12. The number of hydrogen-bond acceptors (Lipinski definition) is 6. The quantitative estimate of drug-likeness (QED) is 0.705. The Labute approximate surface area is 150 Å². The van der Waals surface area contributed by atoms with Crippen LogP contribution in [-0.4, -0.2) is 38.9 Å². The highest BCUT2D eigenvalue weighted by molar-refractivity contribution is 7.10. The second-order valence-corrected chi connectivity index (χ2v) is 6.05. The minimum Gasteiger partial charge on any atom is -0.493 e. The van der Waals surface area contributed by atoms with Crippen LogP contribution in [0.4, 0.5) is 0 Å². The Bertz CT molecular complexity index is 702. The van der Waals surface area contributed by atoms with Crippen LogP contribution in [-0.2, 0) is 4.79 Å². The van der Waals surface area contributed by atoms with Gasteiger partial charge in [0.1, 0.15) is 6.10 Å². The number of thiophene rings is 1. The number of benzene rings is 1. The molecule has 6 nitrogen and oxygen atoms in total. The van der Waals surface area contributed by atoms with Gasteiger partial charge in [0, 0.05) is 17.5 Å². The molecule has 1 heterocycles. The molecule has 0 saturated carbocycles. The molecule has 0 aliphatic rings. The van der Waals surface area contributed by atoms with Crippen molar-refractivity contribution < 1.29 is 24.1 Å². The van der Waals surface area contributed by atoms with Crippen molar-refractivity contribution in [3.8, 4) is 17.2 Å². The molecule has 0 fully saturated rings. The van der Waals surface area contributed by atoms with Crippen LogP contribution >= 0.6 is 11.3 Å². The fourth-order valence-electron chi connectivity index (χ4n) is 2.21. The van der Waals surface area contributed by atoms with Gasteiger partial charge < -0.3 is 24.6 Å². The molecule has 2 aromatic rings. The predicted molar refractivity (Wildman–Crippen MR) is 97.4 cm³/mol. The molecule has 134 valence electrons. The van der Waals surface area contributed by atoms with E-state index in [9.17, 15) is 9.90 Å². The van der Waals surface area contributed by atoms with Crippen molar-refractivity contribution >= 4 is 23.3 Å². The third kappa shape index (κ3) is 4.98. The highest BCUT2D eigenvalue weighted by Gasteiger charge is 2.12. The van der Waals surface area contributed by atoms with Crippen molar-refractivity contribution in [2.45, 2.75) is 6.10 Å². The number of aliphatic hydroxyl groups is 1. The third-order valence-electron chi connectivity index (χ3n) is 3.46. The summed E-state index contributed by atoms with van der Waals surface area (Å²) in [6.45, 7) is 0.152. The van der Waals surface area contributed by atoms with Crippen molar-refractivity contribution in [2.24, 2.45) is 0 Å². The van der Waals surface area contributed by atoms with Gasteiger partial charge in [0.05, 0.1) is 21.3 Å². The molecular formula is C18H21NO5S. The lowest BCUT2D eigenvalue weighted by atomic mass is 10.1. The van der Waals surface area contributed by atoms with Crippen LogP contribution in [0.3, 0.4) is 0 Å². The Morgan fingerprint density at radius 1 is 1.24 bits per heavy atom. The summed E-state index contributed by atoms with van der Waals surface area (Å²) in [5, 5.41) is 14.5. The smallest absolute Gasteiger partial charge is 0.244 e. The number of carbonyl (C=O) groups excluding carboxylic acids is 1. The number of amides is 1. The zero-order valence-electron chi connectivity index (χ0n) is 14.3. The minimum atomic E-state index is -0.710. The van der Waals surface area contributed by atoms with Crippen LogP contribution in [0, 0.1) is 0 Å². The van der Waals surface area contributed by atoms with Crippen LogP contribution in [0.1, 0.15) is 16.5 Å². The van der Waals surface area contributed by atoms with Crippen LogP contribution in [0.25, 0.3) is 6.08 Å². The molecule has 7 heteroatoms. The van der Waals surface area contributed by atoms with Gasteiger partial charge >= 0.3 is 0 Å². The van der Waals surface area contributed by atoms with E-state index in [1.54, 1.807) is 18.2 Å². The molecule has 0 aliphatic heterocycles. The predicted octanol–water partition coefficient (Wildman–Crippen LogP) is 2.64. The summed E-state index contributed by atoms with van der Waals surface area (Å²) >= 11 is 1.45. The molecule has 0 spiro atoms. The highest BCUT2D eigenvalue weighted by atomic mass is 32.1. The lowest BCUT2D eigenvalue weighted by Crippen LogP contribution is -2.26. The zero-order valence-corrected chi connectivity index (χ0v) is 15.1. The van der Waals surface area contributed by atoms with E-state index in [0.717, 1.165) is 10.4 Å². The number of nitrogens with one attached hydrogen (secondary N) is 1. The van der Waals surface area contributed by atoms with Crippen molar-refractivity contribution in [2.75, 3.05) is 27.9 Å². The fourth-order valence-corrected chi connectivity index (χ4v) is 2.92. The summed E-state index contributed by atoms with van der Waals surface area (Å²) in [6.07, 6.45) is 2.32. The molecule has 1 aromatic heterocycles. The Balaban J connectivity index is 2.01. The van der Waals surface area contributed by atoms with E-state index >= 15 is 0 Å². The van der Waals surface area contributed by atoms with Gasteiger partial charge in [-0.05, 0) is 35.2 Å². The maximum atomic E-state index is 11.9. The molecule has 2 N–H and O–H groups in total. The molecule has 0 aliphatic carbocycles. The first-order chi connectivity index (χ1) is 12.1. The van der Waals surface area contributed by atoms with Crippen LogP contribution in [0.5, 0.6) is 17.2 Å². The monoisotopic (exact) mass is 363 g/mol. The largest absolute Gasteiger partial charge is 0.493 e. The van der Waals surface area contributed by atoms with E-state index in [-0.39, 0.29) is 12.5 Å². The first-order valence-electron chi connectivity index (χ1n) is 7.56. The summed E-state index contributed by atoms with van der Waals surface area (Å²) in [6, 6.07) is 7.17. The van der Waals surface area contributed by atoms with Gasteiger partial charge in [0.15, 0.2) is 11.5 Å². The van der Waals surface area contributed by atoms with E-state index in [1.165, 1.54) is 38.7 Å². The molecule has 25 heavy (non-hydrogen) atoms. The topological polar surface area (TPSA) is 77.0 Å². The molecule has 0 radical (unpaired) electrons. The van der Waals surface area contributed by atoms with E-state index in [1.807, 2.05) is 17.5 Å². The van der Waals surface area contributed by atoms with E-state index in [0.29, 0.717) is 17.2 Å².